The Morgan fingerprint density at radius 2 is 1.86 bits per heavy atom. The Bertz CT molecular complexity index is 1200. The third kappa shape index (κ3) is 3.60. The lowest BCUT2D eigenvalue weighted by atomic mass is 10.1. The highest BCUT2D eigenvalue weighted by molar-refractivity contribution is 7.21. The van der Waals surface area contributed by atoms with Crippen molar-refractivity contribution in [2.24, 2.45) is 0 Å². The zero-order chi connectivity index (χ0) is 20.4. The van der Waals surface area contributed by atoms with Crippen LogP contribution in [0.4, 0.5) is 11.4 Å². The van der Waals surface area contributed by atoms with E-state index in [9.17, 15) is 4.79 Å². The number of nitrogens with two attached hydrogens (primary N) is 1. The first kappa shape index (κ1) is 18.8. The first-order chi connectivity index (χ1) is 14.1. The Morgan fingerprint density at radius 3 is 2.66 bits per heavy atom. The normalized spacial score (nSPS) is 10.7. The molecule has 1 amide bonds. The number of anilines is 2. The molecule has 146 valence electrons. The molecule has 3 N–H and O–H groups in total. The summed E-state index contributed by atoms with van der Waals surface area (Å²) in [5.74, 6) is 1.05. The van der Waals surface area contributed by atoms with E-state index in [1.807, 2.05) is 48.5 Å². The lowest BCUT2D eigenvalue weighted by molar-refractivity contribution is 0.103. The molecule has 4 rings (SSSR count). The number of pyridine rings is 1. The van der Waals surface area contributed by atoms with Gasteiger partial charge in [0.2, 0.25) is 0 Å². The van der Waals surface area contributed by atoms with Crippen molar-refractivity contribution in [1.82, 2.24) is 4.98 Å². The van der Waals surface area contributed by atoms with E-state index in [1.165, 1.54) is 11.3 Å². The number of fused-ring (bicyclic) bond motifs is 1. The minimum absolute atomic E-state index is 0.294. The second kappa shape index (κ2) is 7.81. The third-order valence-corrected chi connectivity index (χ3v) is 5.63. The highest BCUT2D eigenvalue weighted by Gasteiger charge is 2.19. The van der Waals surface area contributed by atoms with Crippen molar-refractivity contribution >= 4 is 38.8 Å². The van der Waals surface area contributed by atoms with Crippen LogP contribution in [0.5, 0.6) is 11.5 Å². The number of nitrogens with one attached hydrogen (secondary N) is 1. The van der Waals surface area contributed by atoms with Gasteiger partial charge in [-0.1, -0.05) is 24.3 Å². The van der Waals surface area contributed by atoms with Crippen LogP contribution in [0.1, 0.15) is 9.67 Å². The maximum atomic E-state index is 12.8. The van der Waals surface area contributed by atoms with Gasteiger partial charge in [-0.05, 0) is 36.4 Å². The average Bonchev–Trinajstić information content (AvgIpc) is 3.10. The number of methoxy groups -OCH3 is 2. The molecule has 0 saturated heterocycles. The van der Waals surface area contributed by atoms with E-state index < -0.39 is 0 Å². The molecule has 4 aromatic rings. The number of ether oxygens (including phenoxy) is 2. The molecule has 0 aliphatic heterocycles. The van der Waals surface area contributed by atoms with E-state index in [1.54, 1.807) is 26.4 Å². The number of hydrogen-bond acceptors (Lipinski definition) is 6. The molecule has 6 nitrogen and oxygen atoms in total. The Morgan fingerprint density at radius 1 is 1.03 bits per heavy atom. The van der Waals surface area contributed by atoms with Crippen LogP contribution in [0.3, 0.4) is 0 Å². The largest absolute Gasteiger partial charge is 0.497 e. The molecule has 0 radical (unpaired) electrons. The van der Waals surface area contributed by atoms with Crippen LogP contribution in [-0.4, -0.2) is 25.1 Å². The van der Waals surface area contributed by atoms with E-state index in [0.717, 1.165) is 22.4 Å². The fourth-order valence-corrected chi connectivity index (χ4v) is 4.02. The van der Waals surface area contributed by atoms with Crippen molar-refractivity contribution in [2.45, 2.75) is 0 Å². The number of amides is 1. The molecule has 2 aromatic heterocycles. The second-order valence-electron chi connectivity index (χ2n) is 6.28. The van der Waals surface area contributed by atoms with E-state index >= 15 is 0 Å². The summed E-state index contributed by atoms with van der Waals surface area (Å²) in [6.45, 7) is 0. The van der Waals surface area contributed by atoms with Crippen molar-refractivity contribution in [1.29, 1.82) is 0 Å². The van der Waals surface area contributed by atoms with Gasteiger partial charge in [-0.15, -0.1) is 11.3 Å². The zero-order valence-corrected chi connectivity index (χ0v) is 16.7. The molecule has 0 fully saturated rings. The van der Waals surface area contributed by atoms with Crippen LogP contribution >= 0.6 is 11.3 Å². The topological polar surface area (TPSA) is 86.5 Å². The summed E-state index contributed by atoms with van der Waals surface area (Å²) in [6.07, 6.45) is 0. The van der Waals surface area contributed by atoms with Gasteiger partial charge in [0.15, 0.2) is 0 Å². The summed E-state index contributed by atoms with van der Waals surface area (Å²) in [6, 6.07) is 18.7. The number of para-hydroxylation sites is 2. The number of carbonyl (C=O) groups is 1. The summed E-state index contributed by atoms with van der Waals surface area (Å²) in [4.78, 5) is 18.7. The molecule has 2 heterocycles. The molecular formula is C22H19N3O3S. The number of hydrogen-bond donors (Lipinski definition) is 2. The van der Waals surface area contributed by atoms with Gasteiger partial charge in [-0.3, -0.25) is 4.79 Å². The van der Waals surface area contributed by atoms with Gasteiger partial charge >= 0.3 is 0 Å². The maximum Gasteiger partial charge on any atom is 0.268 e. The fraction of sp³-hybridized carbons (Fsp3) is 0.0909. The van der Waals surface area contributed by atoms with Gasteiger partial charge in [0.1, 0.15) is 21.2 Å². The van der Waals surface area contributed by atoms with Crippen LogP contribution in [0.15, 0.2) is 60.7 Å². The van der Waals surface area contributed by atoms with Crippen LogP contribution < -0.4 is 20.5 Å². The maximum absolute atomic E-state index is 12.8. The molecule has 2 aromatic carbocycles. The van der Waals surface area contributed by atoms with Gasteiger partial charge < -0.3 is 20.5 Å². The van der Waals surface area contributed by atoms with Crippen LogP contribution in [0.2, 0.25) is 0 Å². The van der Waals surface area contributed by atoms with Gasteiger partial charge in [0, 0.05) is 10.9 Å². The van der Waals surface area contributed by atoms with Crippen molar-refractivity contribution in [3.8, 4) is 22.8 Å². The molecule has 0 aliphatic carbocycles. The van der Waals surface area contributed by atoms with Crippen molar-refractivity contribution in [3.63, 3.8) is 0 Å². The summed E-state index contributed by atoms with van der Waals surface area (Å²) in [7, 11) is 3.19. The highest BCUT2D eigenvalue weighted by Crippen LogP contribution is 2.35. The summed E-state index contributed by atoms with van der Waals surface area (Å²) in [5, 5.41) is 3.62. The number of nitrogens with zero attached hydrogens (tertiary/aromatic N) is 1. The molecule has 0 unspecified atom stereocenters. The second-order valence-corrected chi connectivity index (χ2v) is 7.28. The predicted molar refractivity (Wildman–Crippen MR) is 117 cm³/mol. The van der Waals surface area contributed by atoms with Crippen LogP contribution in [-0.2, 0) is 0 Å². The first-order valence-electron chi connectivity index (χ1n) is 8.88. The SMILES string of the molecule is COc1cccc(-c2ccc3c(N)c(C(=O)Nc4ccccc4OC)sc3n2)c1. The van der Waals surface area contributed by atoms with Gasteiger partial charge in [-0.2, -0.15) is 0 Å². The minimum atomic E-state index is -0.294. The summed E-state index contributed by atoms with van der Waals surface area (Å²) < 4.78 is 10.6. The monoisotopic (exact) mass is 405 g/mol. The number of carbonyl (C=O) groups excluding carboxylic acids is 1. The van der Waals surface area contributed by atoms with Crippen molar-refractivity contribution in [3.05, 3.63) is 65.5 Å². The quantitative estimate of drug-likeness (QED) is 0.497. The fourth-order valence-electron chi connectivity index (χ4n) is 3.04. The lowest BCUT2D eigenvalue weighted by Gasteiger charge is -2.09. The average molecular weight is 405 g/mol. The molecule has 0 bridgehead atoms. The molecular weight excluding hydrogens is 386 g/mol. The third-order valence-electron chi connectivity index (χ3n) is 4.52. The molecule has 0 spiro atoms. The number of nitrogen functional groups attached to an aromatic ring is 1. The van der Waals surface area contributed by atoms with Gasteiger partial charge in [-0.25, -0.2) is 4.98 Å². The van der Waals surface area contributed by atoms with Gasteiger partial charge in [0.05, 0.1) is 31.3 Å². The van der Waals surface area contributed by atoms with E-state index in [4.69, 9.17) is 20.2 Å². The van der Waals surface area contributed by atoms with E-state index in [-0.39, 0.29) is 5.91 Å². The molecule has 7 heteroatoms. The molecule has 0 aliphatic rings. The Labute approximate surface area is 171 Å². The Kier molecular flexibility index (Phi) is 5.05. The van der Waals surface area contributed by atoms with E-state index in [2.05, 4.69) is 5.32 Å². The van der Waals surface area contributed by atoms with Crippen molar-refractivity contribution in [2.75, 3.05) is 25.3 Å². The minimum Gasteiger partial charge on any atom is -0.497 e. The predicted octanol–water partition coefficient (Wildman–Crippen LogP) is 4.82. The molecule has 0 saturated carbocycles. The summed E-state index contributed by atoms with van der Waals surface area (Å²) >= 11 is 1.26. The number of benzene rings is 2. The van der Waals surface area contributed by atoms with Crippen LogP contribution in [0.25, 0.3) is 21.5 Å². The Hall–Kier alpha value is -3.58. The Balaban J connectivity index is 1.69. The van der Waals surface area contributed by atoms with E-state index in [0.29, 0.717) is 26.8 Å². The highest BCUT2D eigenvalue weighted by atomic mass is 32.1. The number of aromatic nitrogens is 1. The lowest BCUT2D eigenvalue weighted by Crippen LogP contribution is -2.12. The standard InChI is InChI=1S/C22H19N3O3S/c1-27-14-7-5-6-13(12-14)16-11-10-15-19(23)20(29-22(15)25-16)21(26)24-17-8-3-4-9-18(17)28-2/h3-12H,23H2,1-2H3,(H,24,26). The van der Waals surface area contributed by atoms with Gasteiger partial charge in [0.25, 0.3) is 5.91 Å². The first-order valence-corrected chi connectivity index (χ1v) is 9.70. The number of thiophene rings is 1. The summed E-state index contributed by atoms with van der Waals surface area (Å²) in [5.41, 5.74) is 8.98. The zero-order valence-electron chi connectivity index (χ0n) is 15.9. The van der Waals surface area contributed by atoms with Crippen LogP contribution in [0, 0.1) is 0 Å². The van der Waals surface area contributed by atoms with Crippen molar-refractivity contribution < 1.29 is 14.3 Å². The smallest absolute Gasteiger partial charge is 0.268 e. The molecule has 29 heavy (non-hydrogen) atoms. The molecule has 0 atom stereocenters. The number of rotatable bonds is 5.